The monoisotopic (exact) mass is 499 g/mol. The van der Waals surface area contributed by atoms with Crippen LogP contribution in [0.5, 0.6) is 17.4 Å². The van der Waals surface area contributed by atoms with E-state index in [4.69, 9.17) is 18.9 Å². The van der Waals surface area contributed by atoms with Gasteiger partial charge in [-0.1, -0.05) is 0 Å². The molecule has 4 heterocycles. The van der Waals surface area contributed by atoms with Crippen LogP contribution in [0, 0.1) is 12.7 Å². The van der Waals surface area contributed by atoms with Crippen molar-refractivity contribution in [2.75, 3.05) is 32.2 Å². The lowest BCUT2D eigenvalue weighted by molar-refractivity contribution is -0.116. The van der Waals surface area contributed by atoms with Gasteiger partial charge in [-0.3, -0.25) is 9.59 Å². The van der Waals surface area contributed by atoms with Gasteiger partial charge in [0.25, 0.3) is 5.91 Å². The maximum Gasteiger partial charge on any atom is 0.262 e. The number of ether oxygens (including phenoxy) is 4. The summed E-state index contributed by atoms with van der Waals surface area (Å²) in [5.41, 5.74) is 1.39. The quantitative estimate of drug-likeness (QED) is 0.651. The predicted molar refractivity (Wildman–Crippen MR) is 128 cm³/mol. The molecule has 0 unspecified atom stereocenters. The van der Waals surface area contributed by atoms with Gasteiger partial charge in [0.15, 0.2) is 11.6 Å². The molecule has 2 aromatic rings. The van der Waals surface area contributed by atoms with Crippen LogP contribution in [-0.4, -0.2) is 66.3 Å². The topological polar surface area (TPSA) is 99.2 Å². The summed E-state index contributed by atoms with van der Waals surface area (Å²) in [4.78, 5) is 31.4. The Balaban J connectivity index is 1.37. The molecule has 1 N–H and O–H groups in total. The molecule has 36 heavy (non-hydrogen) atoms. The van der Waals surface area contributed by atoms with Crippen LogP contribution in [0.4, 0.5) is 10.1 Å². The smallest absolute Gasteiger partial charge is 0.262 e. The van der Waals surface area contributed by atoms with Gasteiger partial charge in [-0.2, -0.15) is 0 Å². The first-order valence-corrected chi connectivity index (χ1v) is 12.1. The molecule has 3 aliphatic rings. The Labute approximate surface area is 208 Å². The summed E-state index contributed by atoms with van der Waals surface area (Å²) in [6.07, 6.45) is 2.98. The fourth-order valence-electron chi connectivity index (χ4n) is 4.66. The first-order chi connectivity index (χ1) is 17.1. The number of amides is 2. The number of carbonyl (C=O) groups excluding carboxylic acids is 2. The molecule has 2 amide bonds. The van der Waals surface area contributed by atoms with Gasteiger partial charge in [0.05, 0.1) is 23.9 Å². The summed E-state index contributed by atoms with van der Waals surface area (Å²) in [5, 5.41) is 2.84. The minimum absolute atomic E-state index is 0.0373. The van der Waals surface area contributed by atoms with E-state index in [9.17, 15) is 9.59 Å². The molecule has 192 valence electrons. The average Bonchev–Trinajstić information content (AvgIpc) is 3.20. The Bertz CT molecular complexity index is 1220. The zero-order valence-electron chi connectivity index (χ0n) is 20.9. The highest BCUT2D eigenvalue weighted by Crippen LogP contribution is 2.40. The van der Waals surface area contributed by atoms with Crippen LogP contribution in [0.3, 0.4) is 0 Å². The van der Waals surface area contributed by atoms with Crippen molar-refractivity contribution >= 4 is 17.5 Å². The summed E-state index contributed by atoms with van der Waals surface area (Å²) in [6, 6.07) is 3.00. The van der Waals surface area contributed by atoms with Crippen molar-refractivity contribution in [1.29, 1.82) is 0 Å². The Morgan fingerprint density at radius 2 is 2.08 bits per heavy atom. The largest absolute Gasteiger partial charge is 0.490 e. The number of pyridine rings is 1. The first-order valence-electron chi connectivity index (χ1n) is 12.1. The zero-order chi connectivity index (χ0) is 25.6. The van der Waals surface area contributed by atoms with Crippen LogP contribution < -0.4 is 19.5 Å². The summed E-state index contributed by atoms with van der Waals surface area (Å²) in [7, 11) is 1.55. The number of nitrogens with one attached hydrogen (secondary N) is 1. The van der Waals surface area contributed by atoms with Gasteiger partial charge in [0.1, 0.15) is 30.6 Å². The van der Waals surface area contributed by atoms with Gasteiger partial charge >= 0.3 is 0 Å². The molecule has 10 heteroatoms. The number of hydrogen-bond acceptors (Lipinski definition) is 7. The Kier molecular flexibility index (Phi) is 6.23. The molecule has 3 aliphatic heterocycles. The number of carbonyl (C=O) groups is 2. The van der Waals surface area contributed by atoms with Gasteiger partial charge in [-0.05, 0) is 44.4 Å². The lowest BCUT2D eigenvalue weighted by Crippen LogP contribution is -2.37. The zero-order valence-corrected chi connectivity index (χ0v) is 20.9. The van der Waals surface area contributed by atoms with Crippen LogP contribution in [0.2, 0.25) is 0 Å². The summed E-state index contributed by atoms with van der Waals surface area (Å²) in [6.45, 7) is 5.84. The number of aryl methyl sites for hydroxylation is 2. The van der Waals surface area contributed by atoms with Crippen molar-refractivity contribution < 1.29 is 32.9 Å². The van der Waals surface area contributed by atoms with Crippen LogP contribution in [0.1, 0.15) is 48.2 Å². The Morgan fingerprint density at radius 3 is 2.86 bits per heavy atom. The standard InChI is InChI=1S/C26H30FN3O6/c1-14-7-19-22(24(23(14)27)35-13-26(2,3)33-4)25(32)30-11-17(8-16(30)12-34-19)36-21-9-18-15(10-28-21)5-6-20(31)29-18/h7,9-10,16-17H,5-6,8,11-13H2,1-4H3,(H,29,31)/t16-,17+/m1/s1. The number of anilines is 1. The van der Waals surface area contributed by atoms with E-state index in [0.717, 1.165) is 5.56 Å². The Morgan fingerprint density at radius 1 is 1.28 bits per heavy atom. The van der Waals surface area contributed by atoms with Crippen molar-refractivity contribution in [3.63, 3.8) is 0 Å². The number of methoxy groups -OCH3 is 1. The third-order valence-electron chi connectivity index (χ3n) is 6.91. The van der Waals surface area contributed by atoms with Crippen molar-refractivity contribution in [2.45, 2.75) is 57.8 Å². The first kappa shape index (κ1) is 24.3. The third-order valence-corrected chi connectivity index (χ3v) is 6.91. The van der Waals surface area contributed by atoms with E-state index in [0.29, 0.717) is 42.1 Å². The average molecular weight is 500 g/mol. The SMILES string of the molecule is COC(C)(C)COc1c(F)c(C)cc2c1C(=O)N1C[C@@H](Oc3cc4c(cn3)CCC(=O)N4)C[C@@H]1CO2. The van der Waals surface area contributed by atoms with Crippen molar-refractivity contribution in [2.24, 2.45) is 0 Å². The molecule has 0 bridgehead atoms. The number of aromatic nitrogens is 1. The molecule has 1 fully saturated rings. The predicted octanol–water partition coefficient (Wildman–Crippen LogP) is 3.27. The fraction of sp³-hybridized carbons (Fsp3) is 0.500. The highest BCUT2D eigenvalue weighted by atomic mass is 19.1. The highest BCUT2D eigenvalue weighted by Gasteiger charge is 2.42. The second-order valence-electron chi connectivity index (χ2n) is 10.1. The number of rotatable bonds is 6. The van der Waals surface area contributed by atoms with Crippen molar-refractivity contribution in [3.8, 4) is 17.4 Å². The van der Waals surface area contributed by atoms with Crippen molar-refractivity contribution in [3.05, 3.63) is 40.8 Å². The minimum Gasteiger partial charge on any atom is -0.490 e. The highest BCUT2D eigenvalue weighted by molar-refractivity contribution is 6.00. The van der Waals surface area contributed by atoms with Gasteiger partial charge in [-0.25, -0.2) is 9.37 Å². The molecular weight excluding hydrogens is 469 g/mol. The number of benzene rings is 1. The van der Waals surface area contributed by atoms with E-state index in [1.165, 1.54) is 0 Å². The number of halogens is 1. The molecule has 0 spiro atoms. The molecule has 9 nitrogen and oxygen atoms in total. The molecule has 1 saturated heterocycles. The maximum atomic E-state index is 15.2. The van der Waals surface area contributed by atoms with Crippen LogP contribution in [0.15, 0.2) is 18.3 Å². The van der Waals surface area contributed by atoms with E-state index in [2.05, 4.69) is 10.3 Å². The molecule has 1 aromatic carbocycles. The maximum absolute atomic E-state index is 15.2. The molecule has 0 radical (unpaired) electrons. The van der Waals surface area contributed by atoms with Gasteiger partial charge < -0.3 is 29.2 Å². The van der Waals surface area contributed by atoms with E-state index in [-0.39, 0.29) is 55.0 Å². The van der Waals surface area contributed by atoms with Crippen molar-refractivity contribution in [1.82, 2.24) is 9.88 Å². The summed E-state index contributed by atoms with van der Waals surface area (Å²) < 4.78 is 38.5. The third kappa shape index (κ3) is 4.57. The number of fused-ring (bicyclic) bond motifs is 3. The number of hydrogen-bond donors (Lipinski definition) is 1. The summed E-state index contributed by atoms with van der Waals surface area (Å²) >= 11 is 0. The van der Waals surface area contributed by atoms with E-state index < -0.39 is 11.4 Å². The minimum atomic E-state index is -0.672. The second kappa shape index (κ2) is 9.24. The van der Waals surface area contributed by atoms with E-state index in [1.54, 1.807) is 37.3 Å². The summed E-state index contributed by atoms with van der Waals surface area (Å²) in [5.74, 6) is -0.443. The second-order valence-corrected chi connectivity index (χ2v) is 10.1. The van der Waals surface area contributed by atoms with Crippen LogP contribution in [-0.2, 0) is 16.0 Å². The van der Waals surface area contributed by atoms with Gasteiger partial charge in [0.2, 0.25) is 11.8 Å². The van der Waals surface area contributed by atoms with E-state index in [1.807, 2.05) is 13.8 Å². The molecule has 0 saturated carbocycles. The van der Waals surface area contributed by atoms with Gasteiger partial charge in [-0.15, -0.1) is 0 Å². The molecule has 2 atom stereocenters. The van der Waals surface area contributed by atoms with Crippen LogP contribution in [0.25, 0.3) is 0 Å². The van der Waals surface area contributed by atoms with E-state index >= 15 is 4.39 Å². The lowest BCUT2D eigenvalue weighted by Gasteiger charge is -2.25. The molecule has 0 aliphatic carbocycles. The normalized spacial score (nSPS) is 21.1. The lowest BCUT2D eigenvalue weighted by atomic mass is 10.1. The number of nitrogens with zero attached hydrogens (tertiary/aromatic N) is 2. The van der Waals surface area contributed by atoms with Gasteiger partial charge in [0, 0.05) is 32.2 Å². The Hall–Kier alpha value is -3.40. The fourth-order valence-corrected chi connectivity index (χ4v) is 4.66. The molecule has 1 aromatic heterocycles. The molecular formula is C26H30FN3O6. The van der Waals surface area contributed by atoms with Crippen LogP contribution >= 0.6 is 0 Å². The molecule has 5 rings (SSSR count).